The Bertz CT molecular complexity index is 668. The second kappa shape index (κ2) is 5.57. The largest absolute Gasteiger partial charge is 0.481 e. The molecule has 22 heavy (non-hydrogen) atoms. The highest BCUT2D eigenvalue weighted by atomic mass is 16.4. The number of nitrogens with zero attached hydrogens (tertiary/aromatic N) is 2. The molecule has 1 aromatic carbocycles. The summed E-state index contributed by atoms with van der Waals surface area (Å²) in [4.78, 5) is 21.8. The fourth-order valence-electron chi connectivity index (χ4n) is 3.25. The van der Waals surface area contributed by atoms with Gasteiger partial charge in [-0.05, 0) is 26.0 Å². The summed E-state index contributed by atoms with van der Waals surface area (Å²) in [5.74, 6) is -0.797. The van der Waals surface area contributed by atoms with E-state index in [0.29, 0.717) is 6.42 Å². The van der Waals surface area contributed by atoms with Crippen molar-refractivity contribution in [1.29, 1.82) is 0 Å². The fourth-order valence-corrected chi connectivity index (χ4v) is 3.25. The van der Waals surface area contributed by atoms with E-state index in [-0.39, 0.29) is 6.04 Å². The summed E-state index contributed by atoms with van der Waals surface area (Å²) in [5.41, 5.74) is 2.01. The molecule has 0 saturated carbocycles. The first kappa shape index (κ1) is 14.8. The summed E-state index contributed by atoms with van der Waals surface area (Å²) in [7, 11) is 2.04. The zero-order valence-corrected chi connectivity index (χ0v) is 12.9. The maximum Gasteiger partial charge on any atom is 0.313 e. The fraction of sp³-hybridized carbons (Fsp3) is 0.412. The molecule has 0 radical (unpaired) electrons. The van der Waals surface area contributed by atoms with Crippen LogP contribution in [0.3, 0.4) is 0 Å². The third-order valence-electron chi connectivity index (χ3n) is 4.80. The number of aliphatic carboxylic acids is 1. The van der Waals surface area contributed by atoms with Gasteiger partial charge in [0.1, 0.15) is 0 Å². The molecule has 1 aliphatic heterocycles. The number of carboxylic acids is 1. The van der Waals surface area contributed by atoms with E-state index < -0.39 is 11.4 Å². The van der Waals surface area contributed by atoms with Crippen molar-refractivity contribution < 1.29 is 9.90 Å². The molecule has 0 aliphatic carbocycles. The molecule has 2 N–H and O–H groups in total. The maximum atomic E-state index is 12.0. The van der Waals surface area contributed by atoms with Gasteiger partial charge in [-0.3, -0.25) is 9.69 Å². The SMILES string of the molecule is CN1CCc2[nH]cnc2C1CC(C)(C(=O)O)c1ccccc1. The first-order chi connectivity index (χ1) is 10.5. The van der Waals surface area contributed by atoms with E-state index in [1.807, 2.05) is 37.4 Å². The van der Waals surface area contributed by atoms with E-state index >= 15 is 0 Å². The van der Waals surface area contributed by atoms with E-state index in [0.717, 1.165) is 29.9 Å². The number of benzene rings is 1. The minimum absolute atomic E-state index is 0.0105. The van der Waals surface area contributed by atoms with Gasteiger partial charge in [-0.2, -0.15) is 0 Å². The van der Waals surface area contributed by atoms with Crippen molar-refractivity contribution in [2.75, 3.05) is 13.6 Å². The van der Waals surface area contributed by atoms with E-state index in [1.54, 1.807) is 13.3 Å². The first-order valence-corrected chi connectivity index (χ1v) is 7.53. The van der Waals surface area contributed by atoms with Crippen LogP contribution in [0.25, 0.3) is 0 Å². The molecule has 1 aromatic heterocycles. The Balaban J connectivity index is 1.97. The molecule has 5 heteroatoms. The van der Waals surface area contributed by atoms with Gasteiger partial charge < -0.3 is 10.1 Å². The lowest BCUT2D eigenvalue weighted by Gasteiger charge is -2.37. The molecule has 0 saturated heterocycles. The Kier molecular flexibility index (Phi) is 3.74. The molecular weight excluding hydrogens is 278 g/mol. The standard InChI is InChI=1S/C17H21N3O2/c1-17(16(21)22,12-6-4-3-5-7-12)10-14-15-13(18-11-19-15)8-9-20(14)2/h3-7,11,14H,8-10H2,1-2H3,(H,18,19)(H,21,22). The number of aromatic nitrogens is 2. The Morgan fingerprint density at radius 2 is 2.18 bits per heavy atom. The molecule has 0 bridgehead atoms. The van der Waals surface area contributed by atoms with E-state index in [1.165, 1.54) is 0 Å². The van der Waals surface area contributed by atoms with Crippen LogP contribution in [0.15, 0.2) is 36.7 Å². The third kappa shape index (κ3) is 2.41. The molecule has 0 spiro atoms. The number of hydrogen-bond donors (Lipinski definition) is 2. The molecule has 5 nitrogen and oxygen atoms in total. The Labute approximate surface area is 130 Å². The smallest absolute Gasteiger partial charge is 0.313 e. The first-order valence-electron chi connectivity index (χ1n) is 7.53. The summed E-state index contributed by atoms with van der Waals surface area (Å²) < 4.78 is 0. The molecule has 116 valence electrons. The maximum absolute atomic E-state index is 12.0. The Hall–Kier alpha value is -2.14. The normalized spacial score (nSPS) is 21.1. The van der Waals surface area contributed by atoms with Crippen molar-refractivity contribution >= 4 is 5.97 Å². The highest BCUT2D eigenvalue weighted by Crippen LogP contribution is 2.38. The molecule has 2 unspecified atom stereocenters. The lowest BCUT2D eigenvalue weighted by molar-refractivity contribution is -0.144. The van der Waals surface area contributed by atoms with Gasteiger partial charge in [-0.25, -0.2) is 4.98 Å². The molecule has 3 rings (SSSR count). The number of carboxylic acid groups (broad SMARTS) is 1. The van der Waals surface area contributed by atoms with Gasteiger partial charge >= 0.3 is 5.97 Å². The lowest BCUT2D eigenvalue weighted by Crippen LogP contribution is -2.40. The van der Waals surface area contributed by atoms with Gasteiger partial charge in [0.2, 0.25) is 0 Å². The van der Waals surface area contributed by atoms with Gasteiger partial charge in [0, 0.05) is 18.7 Å². The van der Waals surface area contributed by atoms with Gasteiger partial charge in [-0.15, -0.1) is 0 Å². The topological polar surface area (TPSA) is 69.2 Å². The van der Waals surface area contributed by atoms with Crippen molar-refractivity contribution in [3.63, 3.8) is 0 Å². The summed E-state index contributed by atoms with van der Waals surface area (Å²) >= 11 is 0. The Morgan fingerprint density at radius 1 is 1.45 bits per heavy atom. The number of carbonyl (C=O) groups is 1. The van der Waals surface area contributed by atoms with Gasteiger partial charge in [0.25, 0.3) is 0 Å². The number of likely N-dealkylation sites (N-methyl/N-ethyl adjacent to an activating group) is 1. The summed E-state index contributed by atoms with van der Waals surface area (Å²) in [6, 6.07) is 9.48. The zero-order chi connectivity index (χ0) is 15.7. The van der Waals surface area contributed by atoms with E-state index in [9.17, 15) is 9.90 Å². The van der Waals surface area contributed by atoms with Crippen molar-refractivity contribution in [3.05, 3.63) is 53.6 Å². The van der Waals surface area contributed by atoms with Crippen LogP contribution >= 0.6 is 0 Å². The molecule has 2 aromatic rings. The average molecular weight is 299 g/mol. The number of hydrogen-bond acceptors (Lipinski definition) is 3. The average Bonchev–Trinajstić information content (AvgIpc) is 2.99. The van der Waals surface area contributed by atoms with Crippen LogP contribution < -0.4 is 0 Å². The quantitative estimate of drug-likeness (QED) is 0.909. The molecule has 1 aliphatic rings. The minimum atomic E-state index is -0.937. The third-order valence-corrected chi connectivity index (χ3v) is 4.80. The monoisotopic (exact) mass is 299 g/mol. The molecular formula is C17H21N3O2. The predicted molar refractivity (Wildman–Crippen MR) is 83.7 cm³/mol. The number of H-pyrrole nitrogens is 1. The molecule has 2 heterocycles. The van der Waals surface area contributed by atoms with E-state index in [2.05, 4.69) is 14.9 Å². The zero-order valence-electron chi connectivity index (χ0n) is 12.9. The number of fused-ring (bicyclic) bond motifs is 1. The van der Waals surface area contributed by atoms with Crippen LogP contribution in [-0.2, 0) is 16.6 Å². The van der Waals surface area contributed by atoms with Crippen molar-refractivity contribution in [1.82, 2.24) is 14.9 Å². The predicted octanol–water partition coefficient (Wildman–Crippen LogP) is 2.37. The van der Waals surface area contributed by atoms with Crippen LogP contribution in [-0.4, -0.2) is 39.5 Å². The number of rotatable bonds is 4. The summed E-state index contributed by atoms with van der Waals surface area (Å²) in [6.07, 6.45) is 3.13. The Morgan fingerprint density at radius 3 is 2.86 bits per heavy atom. The highest BCUT2D eigenvalue weighted by Gasteiger charge is 2.41. The van der Waals surface area contributed by atoms with Gasteiger partial charge in [0.05, 0.1) is 23.5 Å². The second-order valence-electron chi connectivity index (χ2n) is 6.22. The molecule has 0 amide bonds. The van der Waals surface area contributed by atoms with Crippen LogP contribution in [0.4, 0.5) is 0 Å². The number of imidazole rings is 1. The van der Waals surface area contributed by atoms with Crippen LogP contribution in [0.2, 0.25) is 0 Å². The number of aromatic amines is 1. The lowest BCUT2D eigenvalue weighted by atomic mass is 9.75. The van der Waals surface area contributed by atoms with E-state index in [4.69, 9.17) is 0 Å². The second-order valence-corrected chi connectivity index (χ2v) is 6.22. The molecule has 2 atom stereocenters. The van der Waals surface area contributed by atoms with Crippen molar-refractivity contribution in [3.8, 4) is 0 Å². The highest BCUT2D eigenvalue weighted by molar-refractivity contribution is 5.81. The van der Waals surface area contributed by atoms with Crippen LogP contribution in [0.1, 0.15) is 36.3 Å². The van der Waals surface area contributed by atoms with Crippen LogP contribution in [0.5, 0.6) is 0 Å². The summed E-state index contributed by atoms with van der Waals surface area (Å²) in [5, 5.41) is 9.85. The number of nitrogens with one attached hydrogen (secondary N) is 1. The minimum Gasteiger partial charge on any atom is -0.481 e. The summed E-state index contributed by atoms with van der Waals surface area (Å²) in [6.45, 7) is 2.71. The van der Waals surface area contributed by atoms with Crippen LogP contribution in [0, 0.1) is 0 Å². The molecule has 0 fully saturated rings. The van der Waals surface area contributed by atoms with Gasteiger partial charge in [0.15, 0.2) is 0 Å². The van der Waals surface area contributed by atoms with Gasteiger partial charge in [-0.1, -0.05) is 30.3 Å². The van der Waals surface area contributed by atoms with Crippen molar-refractivity contribution in [2.24, 2.45) is 0 Å². The van der Waals surface area contributed by atoms with Crippen molar-refractivity contribution in [2.45, 2.75) is 31.2 Å².